The lowest BCUT2D eigenvalue weighted by Gasteiger charge is -2.15. The van der Waals surface area contributed by atoms with Crippen molar-refractivity contribution in [3.63, 3.8) is 0 Å². The third kappa shape index (κ3) is 2.60. The number of rotatable bonds is 2. The van der Waals surface area contributed by atoms with Crippen LogP contribution in [0, 0.1) is 13.8 Å². The Morgan fingerprint density at radius 2 is 1.62 bits per heavy atom. The van der Waals surface area contributed by atoms with E-state index in [1.807, 2.05) is 32.0 Å². The van der Waals surface area contributed by atoms with E-state index in [0.717, 1.165) is 28.3 Å². The molecule has 0 aliphatic carbocycles. The third-order valence-corrected chi connectivity index (χ3v) is 4.99. The molecule has 5 nitrogen and oxygen atoms in total. The van der Waals surface area contributed by atoms with Gasteiger partial charge in [0.1, 0.15) is 5.75 Å². The number of phenolic OH excluding ortho intramolecular Hbond substituents is 1. The van der Waals surface area contributed by atoms with Crippen LogP contribution in [0.3, 0.4) is 0 Å². The van der Waals surface area contributed by atoms with Crippen LogP contribution < -0.4 is 5.73 Å². The van der Waals surface area contributed by atoms with Gasteiger partial charge in [-0.3, -0.25) is 4.55 Å². The molecule has 124 valence electrons. The first kappa shape index (κ1) is 16.3. The monoisotopic (exact) mass is 343 g/mol. The molecule has 0 radical (unpaired) electrons. The molecule has 0 aliphatic heterocycles. The molecular formula is C18H17NO4S. The second-order valence-electron chi connectivity index (χ2n) is 5.81. The zero-order valence-corrected chi connectivity index (χ0v) is 14.1. The molecule has 3 aromatic carbocycles. The van der Waals surface area contributed by atoms with Gasteiger partial charge in [0, 0.05) is 17.0 Å². The number of fused-ring (bicyclic) bond motifs is 1. The molecule has 24 heavy (non-hydrogen) atoms. The van der Waals surface area contributed by atoms with Gasteiger partial charge in [-0.2, -0.15) is 8.42 Å². The lowest BCUT2D eigenvalue weighted by molar-refractivity contribution is 0.471. The number of anilines is 1. The molecule has 3 rings (SSSR count). The van der Waals surface area contributed by atoms with E-state index >= 15 is 0 Å². The van der Waals surface area contributed by atoms with Crippen LogP contribution >= 0.6 is 0 Å². The fourth-order valence-electron chi connectivity index (χ4n) is 3.05. The summed E-state index contributed by atoms with van der Waals surface area (Å²) in [5.41, 5.74) is 10.5. The van der Waals surface area contributed by atoms with Crippen molar-refractivity contribution in [1.29, 1.82) is 0 Å². The van der Waals surface area contributed by atoms with Crippen LogP contribution in [0.5, 0.6) is 5.75 Å². The maximum atomic E-state index is 11.3. The zero-order valence-electron chi connectivity index (χ0n) is 13.2. The number of hydrogen-bond acceptors (Lipinski definition) is 4. The minimum absolute atomic E-state index is 0.286. The Morgan fingerprint density at radius 3 is 2.21 bits per heavy atom. The fourth-order valence-corrected chi connectivity index (χ4v) is 3.59. The smallest absolute Gasteiger partial charge is 0.294 e. The number of aromatic hydroxyl groups is 1. The lowest BCUT2D eigenvalue weighted by Crippen LogP contribution is -2.00. The molecular weight excluding hydrogens is 326 g/mol. The molecule has 0 saturated carbocycles. The van der Waals surface area contributed by atoms with E-state index in [1.54, 1.807) is 12.1 Å². The minimum Gasteiger partial charge on any atom is -0.507 e. The summed E-state index contributed by atoms with van der Waals surface area (Å²) < 4.78 is 31.8. The van der Waals surface area contributed by atoms with Gasteiger partial charge >= 0.3 is 0 Å². The number of aryl methyl sites for hydroxylation is 2. The third-order valence-electron chi connectivity index (χ3n) is 4.16. The van der Waals surface area contributed by atoms with Crippen molar-refractivity contribution in [1.82, 2.24) is 0 Å². The van der Waals surface area contributed by atoms with E-state index < -0.39 is 10.1 Å². The van der Waals surface area contributed by atoms with Crippen LogP contribution in [0.1, 0.15) is 11.1 Å². The van der Waals surface area contributed by atoms with Gasteiger partial charge in [0.05, 0.1) is 10.6 Å². The number of nitrogens with two attached hydrogens (primary N) is 1. The van der Waals surface area contributed by atoms with Crippen LogP contribution in [0.15, 0.2) is 47.4 Å². The molecule has 0 aromatic heterocycles. The number of phenols is 1. The van der Waals surface area contributed by atoms with Crippen LogP contribution in [0.4, 0.5) is 5.69 Å². The quantitative estimate of drug-likeness (QED) is 0.487. The van der Waals surface area contributed by atoms with E-state index in [9.17, 15) is 18.1 Å². The molecule has 0 atom stereocenters. The van der Waals surface area contributed by atoms with Crippen LogP contribution in [0.25, 0.3) is 21.9 Å². The molecule has 4 N–H and O–H groups in total. The van der Waals surface area contributed by atoms with Crippen molar-refractivity contribution < 1.29 is 18.1 Å². The largest absolute Gasteiger partial charge is 0.507 e. The Hall–Kier alpha value is -2.57. The summed E-state index contributed by atoms with van der Waals surface area (Å²) in [5.74, 6) is -0.286. The van der Waals surface area contributed by atoms with Gasteiger partial charge in [-0.1, -0.05) is 30.3 Å². The molecule has 0 amide bonds. The molecule has 0 spiro atoms. The molecule has 6 heteroatoms. The van der Waals surface area contributed by atoms with E-state index in [0.29, 0.717) is 16.5 Å². The predicted octanol–water partition coefficient (Wildman–Crippen LogP) is 3.66. The highest BCUT2D eigenvalue weighted by Crippen LogP contribution is 2.40. The Morgan fingerprint density at radius 1 is 1.00 bits per heavy atom. The highest BCUT2D eigenvalue weighted by molar-refractivity contribution is 7.85. The van der Waals surface area contributed by atoms with Crippen molar-refractivity contribution in [2.75, 3.05) is 5.73 Å². The van der Waals surface area contributed by atoms with Gasteiger partial charge in [0.25, 0.3) is 10.1 Å². The Bertz CT molecular complexity index is 1050. The highest BCUT2D eigenvalue weighted by Gasteiger charge is 2.17. The summed E-state index contributed by atoms with van der Waals surface area (Å²) in [5, 5.41) is 11.1. The molecule has 0 unspecified atom stereocenters. The maximum Gasteiger partial charge on any atom is 0.294 e. The zero-order chi connectivity index (χ0) is 17.6. The molecule has 0 saturated heterocycles. The van der Waals surface area contributed by atoms with E-state index in [-0.39, 0.29) is 10.6 Å². The second kappa shape index (κ2) is 5.51. The summed E-state index contributed by atoms with van der Waals surface area (Å²) in [4.78, 5) is -0.369. The Labute approximate surface area is 140 Å². The van der Waals surface area contributed by atoms with Gasteiger partial charge in [-0.15, -0.1) is 0 Å². The summed E-state index contributed by atoms with van der Waals surface area (Å²) in [6, 6.07) is 11.7. The average molecular weight is 343 g/mol. The van der Waals surface area contributed by atoms with Gasteiger partial charge in [-0.05, 0) is 42.0 Å². The van der Waals surface area contributed by atoms with Gasteiger partial charge in [0.2, 0.25) is 0 Å². The van der Waals surface area contributed by atoms with Gasteiger partial charge in [0.15, 0.2) is 0 Å². The number of hydrogen-bond donors (Lipinski definition) is 3. The van der Waals surface area contributed by atoms with Crippen LogP contribution in [-0.2, 0) is 10.1 Å². The van der Waals surface area contributed by atoms with Crippen molar-refractivity contribution in [2.24, 2.45) is 0 Å². The fraction of sp³-hybridized carbons (Fsp3) is 0.111. The van der Waals surface area contributed by atoms with Crippen LogP contribution in [-0.4, -0.2) is 18.1 Å². The average Bonchev–Trinajstić information content (AvgIpc) is 2.47. The van der Waals surface area contributed by atoms with Crippen molar-refractivity contribution >= 4 is 26.6 Å². The summed E-state index contributed by atoms with van der Waals surface area (Å²) in [6.45, 7) is 3.96. The Kier molecular flexibility index (Phi) is 3.74. The first-order valence-corrected chi connectivity index (χ1v) is 8.73. The molecule has 0 fully saturated rings. The van der Waals surface area contributed by atoms with E-state index in [2.05, 4.69) is 0 Å². The standard InChI is InChI=1S/C18H17NO4S/c1-10-4-3-5-11(2)16(10)14-7-6-12-8-13(24(21,22)23)9-15(20)17(12)18(14)19/h3-9,20H,19H2,1-2H3,(H,21,22,23). The van der Waals surface area contributed by atoms with Crippen molar-refractivity contribution in [3.05, 3.63) is 53.6 Å². The van der Waals surface area contributed by atoms with Gasteiger partial charge in [-0.25, -0.2) is 0 Å². The minimum atomic E-state index is -4.41. The predicted molar refractivity (Wildman–Crippen MR) is 94.7 cm³/mol. The van der Waals surface area contributed by atoms with E-state index in [1.165, 1.54) is 6.07 Å². The topological polar surface area (TPSA) is 101 Å². The molecule has 3 aromatic rings. The first-order chi connectivity index (χ1) is 11.2. The SMILES string of the molecule is Cc1cccc(C)c1-c1ccc2cc(S(=O)(=O)O)cc(O)c2c1N. The molecule has 0 bridgehead atoms. The Balaban J connectivity index is 2.36. The highest BCUT2D eigenvalue weighted by atomic mass is 32.2. The van der Waals surface area contributed by atoms with Crippen molar-refractivity contribution in [3.8, 4) is 16.9 Å². The normalized spacial score (nSPS) is 11.8. The van der Waals surface area contributed by atoms with E-state index in [4.69, 9.17) is 5.73 Å². The number of benzene rings is 3. The first-order valence-electron chi connectivity index (χ1n) is 7.29. The maximum absolute atomic E-state index is 11.3. The summed E-state index contributed by atoms with van der Waals surface area (Å²) in [7, 11) is -4.41. The lowest BCUT2D eigenvalue weighted by atomic mass is 9.92. The number of nitrogen functional groups attached to an aromatic ring is 1. The summed E-state index contributed by atoms with van der Waals surface area (Å²) in [6.07, 6.45) is 0. The summed E-state index contributed by atoms with van der Waals surface area (Å²) >= 11 is 0. The van der Waals surface area contributed by atoms with Crippen molar-refractivity contribution in [2.45, 2.75) is 18.7 Å². The molecule has 0 heterocycles. The second-order valence-corrected chi connectivity index (χ2v) is 7.23. The van der Waals surface area contributed by atoms with Gasteiger partial charge < -0.3 is 10.8 Å². The molecule has 0 aliphatic rings. The van der Waals surface area contributed by atoms with Crippen LogP contribution in [0.2, 0.25) is 0 Å².